The van der Waals surface area contributed by atoms with Crippen molar-refractivity contribution < 1.29 is 8.42 Å². The van der Waals surface area contributed by atoms with Crippen molar-refractivity contribution in [3.63, 3.8) is 0 Å². The zero-order valence-electron chi connectivity index (χ0n) is 11.0. The molecule has 0 amide bonds. The molecule has 3 N–H and O–H groups in total. The van der Waals surface area contributed by atoms with Crippen LogP contribution >= 0.6 is 0 Å². The fraction of sp³-hybridized carbons (Fsp3) is 0.727. The van der Waals surface area contributed by atoms with Gasteiger partial charge < -0.3 is 5.73 Å². The van der Waals surface area contributed by atoms with Crippen LogP contribution in [0.2, 0.25) is 0 Å². The van der Waals surface area contributed by atoms with Crippen LogP contribution in [-0.2, 0) is 10.0 Å². The Labute approximate surface area is 108 Å². The number of piperidine rings is 1. The van der Waals surface area contributed by atoms with Gasteiger partial charge in [-0.2, -0.15) is 9.40 Å². The van der Waals surface area contributed by atoms with E-state index in [1.165, 1.54) is 4.31 Å². The molecule has 2 heterocycles. The number of aromatic nitrogens is 2. The summed E-state index contributed by atoms with van der Waals surface area (Å²) in [4.78, 5) is 0.295. The Morgan fingerprint density at radius 1 is 1.39 bits per heavy atom. The second kappa shape index (κ2) is 4.64. The van der Waals surface area contributed by atoms with Gasteiger partial charge in [0.05, 0.1) is 11.4 Å². The van der Waals surface area contributed by atoms with E-state index in [-0.39, 0.29) is 12.0 Å². The molecule has 1 aromatic rings. The molecule has 2 atom stereocenters. The van der Waals surface area contributed by atoms with Crippen LogP contribution in [0.3, 0.4) is 0 Å². The molecule has 2 rings (SSSR count). The summed E-state index contributed by atoms with van der Waals surface area (Å²) < 4.78 is 26.7. The van der Waals surface area contributed by atoms with Crippen molar-refractivity contribution in [2.24, 2.45) is 11.7 Å². The third-order valence-corrected chi connectivity index (χ3v) is 5.41. The third kappa shape index (κ3) is 2.30. The van der Waals surface area contributed by atoms with Crippen molar-refractivity contribution in [1.82, 2.24) is 14.5 Å². The van der Waals surface area contributed by atoms with E-state index in [1.807, 2.05) is 6.92 Å². The molecule has 0 saturated carbocycles. The molecule has 0 spiro atoms. The number of H-pyrrole nitrogens is 1. The van der Waals surface area contributed by atoms with Gasteiger partial charge in [-0.15, -0.1) is 0 Å². The normalized spacial score (nSPS) is 26.4. The van der Waals surface area contributed by atoms with Gasteiger partial charge in [0, 0.05) is 19.1 Å². The first kappa shape index (κ1) is 13.5. The lowest BCUT2D eigenvalue weighted by molar-refractivity contribution is 0.254. The number of aryl methyl sites for hydroxylation is 2. The SMILES string of the molecule is Cc1n[nH]c(C)c1S(=O)(=O)N1CC(C)CC(N)C1. The minimum atomic E-state index is -3.49. The van der Waals surface area contributed by atoms with E-state index < -0.39 is 10.0 Å². The maximum absolute atomic E-state index is 12.6. The van der Waals surface area contributed by atoms with Gasteiger partial charge in [0.15, 0.2) is 0 Å². The maximum atomic E-state index is 12.6. The number of nitrogens with one attached hydrogen (secondary N) is 1. The third-order valence-electron chi connectivity index (χ3n) is 3.32. The predicted octanol–water partition coefficient (Wildman–Crippen LogP) is 0.384. The maximum Gasteiger partial charge on any atom is 0.246 e. The minimum Gasteiger partial charge on any atom is -0.326 e. The molecule has 1 fully saturated rings. The fourth-order valence-corrected chi connectivity index (χ4v) is 4.54. The highest BCUT2D eigenvalue weighted by Gasteiger charge is 2.34. The Morgan fingerprint density at radius 3 is 2.56 bits per heavy atom. The lowest BCUT2D eigenvalue weighted by Crippen LogP contribution is -2.48. The van der Waals surface area contributed by atoms with Crippen molar-refractivity contribution in [2.45, 2.75) is 38.1 Å². The Kier molecular flexibility index (Phi) is 3.48. The number of aromatic amines is 1. The quantitative estimate of drug-likeness (QED) is 0.814. The largest absolute Gasteiger partial charge is 0.326 e. The van der Waals surface area contributed by atoms with Crippen molar-refractivity contribution >= 4 is 10.0 Å². The highest BCUT2D eigenvalue weighted by molar-refractivity contribution is 7.89. The number of rotatable bonds is 2. The van der Waals surface area contributed by atoms with Gasteiger partial charge in [0.25, 0.3) is 0 Å². The van der Waals surface area contributed by atoms with Crippen molar-refractivity contribution in [3.05, 3.63) is 11.4 Å². The van der Waals surface area contributed by atoms with Gasteiger partial charge in [-0.05, 0) is 26.2 Å². The molecule has 1 aromatic heterocycles. The van der Waals surface area contributed by atoms with E-state index in [0.29, 0.717) is 29.4 Å². The van der Waals surface area contributed by atoms with Gasteiger partial charge in [0.1, 0.15) is 4.90 Å². The van der Waals surface area contributed by atoms with Crippen LogP contribution in [0.4, 0.5) is 0 Å². The lowest BCUT2D eigenvalue weighted by Gasteiger charge is -2.33. The van der Waals surface area contributed by atoms with Crippen molar-refractivity contribution in [1.29, 1.82) is 0 Å². The molecule has 1 aliphatic heterocycles. The summed E-state index contributed by atoms with van der Waals surface area (Å²) in [5, 5.41) is 6.67. The molecule has 2 unspecified atom stereocenters. The van der Waals surface area contributed by atoms with Gasteiger partial charge in [-0.3, -0.25) is 5.10 Å². The lowest BCUT2D eigenvalue weighted by atomic mass is 9.99. The monoisotopic (exact) mass is 272 g/mol. The Bertz CT molecular complexity index is 508. The van der Waals surface area contributed by atoms with Gasteiger partial charge in [0.2, 0.25) is 10.0 Å². The molecule has 0 radical (unpaired) electrons. The Morgan fingerprint density at radius 2 is 2.06 bits per heavy atom. The fourth-order valence-electron chi connectivity index (χ4n) is 2.60. The molecule has 7 heteroatoms. The number of nitrogens with two attached hydrogens (primary N) is 1. The van der Waals surface area contributed by atoms with E-state index in [9.17, 15) is 8.42 Å². The summed E-state index contributed by atoms with van der Waals surface area (Å²) in [6, 6.07) is -0.0870. The van der Waals surface area contributed by atoms with Crippen LogP contribution in [0, 0.1) is 19.8 Å². The van der Waals surface area contributed by atoms with Gasteiger partial charge >= 0.3 is 0 Å². The van der Waals surface area contributed by atoms with Crippen molar-refractivity contribution in [3.8, 4) is 0 Å². The second-order valence-corrected chi connectivity index (χ2v) is 7.06. The number of sulfonamides is 1. The highest BCUT2D eigenvalue weighted by Crippen LogP contribution is 2.26. The molecule has 1 aliphatic rings. The molecule has 0 aliphatic carbocycles. The zero-order valence-corrected chi connectivity index (χ0v) is 11.8. The Balaban J connectivity index is 2.37. The number of nitrogens with zero attached hydrogens (tertiary/aromatic N) is 2. The smallest absolute Gasteiger partial charge is 0.246 e. The predicted molar refractivity (Wildman–Crippen MR) is 68.6 cm³/mol. The zero-order chi connectivity index (χ0) is 13.5. The molecule has 102 valence electrons. The molecule has 0 bridgehead atoms. The van der Waals surface area contributed by atoms with Gasteiger partial charge in [-0.25, -0.2) is 8.42 Å². The van der Waals surface area contributed by atoms with E-state index in [1.54, 1.807) is 13.8 Å². The van der Waals surface area contributed by atoms with Crippen LogP contribution in [0.1, 0.15) is 24.7 Å². The molecular formula is C11H20N4O2S. The molecule has 6 nitrogen and oxygen atoms in total. The van der Waals surface area contributed by atoms with Crippen LogP contribution in [0.25, 0.3) is 0 Å². The second-order valence-electron chi connectivity index (χ2n) is 5.19. The number of hydrogen-bond donors (Lipinski definition) is 2. The first-order valence-corrected chi connectivity index (χ1v) is 7.53. The van der Waals surface area contributed by atoms with Crippen LogP contribution in [0.5, 0.6) is 0 Å². The first-order chi connectivity index (χ1) is 8.32. The summed E-state index contributed by atoms with van der Waals surface area (Å²) >= 11 is 0. The van der Waals surface area contributed by atoms with E-state index in [0.717, 1.165) is 6.42 Å². The summed E-state index contributed by atoms with van der Waals surface area (Å²) in [6.07, 6.45) is 0.870. The van der Waals surface area contributed by atoms with E-state index in [2.05, 4.69) is 10.2 Å². The number of hydrogen-bond acceptors (Lipinski definition) is 4. The summed E-state index contributed by atoms with van der Waals surface area (Å²) in [7, 11) is -3.49. The first-order valence-electron chi connectivity index (χ1n) is 6.09. The molecule has 1 saturated heterocycles. The van der Waals surface area contributed by atoms with Crippen LogP contribution < -0.4 is 5.73 Å². The van der Waals surface area contributed by atoms with E-state index >= 15 is 0 Å². The van der Waals surface area contributed by atoms with Crippen molar-refractivity contribution in [2.75, 3.05) is 13.1 Å². The Hall–Kier alpha value is -0.920. The minimum absolute atomic E-state index is 0.0870. The average molecular weight is 272 g/mol. The van der Waals surface area contributed by atoms with Crippen LogP contribution in [0.15, 0.2) is 4.90 Å². The molecular weight excluding hydrogens is 252 g/mol. The standard InChI is InChI=1S/C11H20N4O2S/c1-7-4-10(12)6-15(5-7)18(16,17)11-8(2)13-14-9(11)3/h7,10H,4-6,12H2,1-3H3,(H,13,14). The topological polar surface area (TPSA) is 92.1 Å². The summed E-state index contributed by atoms with van der Waals surface area (Å²) in [6.45, 7) is 6.36. The molecule has 0 aromatic carbocycles. The highest BCUT2D eigenvalue weighted by atomic mass is 32.2. The summed E-state index contributed by atoms with van der Waals surface area (Å²) in [5.41, 5.74) is 7.01. The van der Waals surface area contributed by atoms with E-state index in [4.69, 9.17) is 5.73 Å². The van der Waals surface area contributed by atoms with Crippen LogP contribution in [-0.4, -0.2) is 42.1 Å². The molecule has 18 heavy (non-hydrogen) atoms. The average Bonchev–Trinajstić information content (AvgIpc) is 2.57. The van der Waals surface area contributed by atoms with Gasteiger partial charge in [-0.1, -0.05) is 6.92 Å². The summed E-state index contributed by atoms with van der Waals surface area (Å²) in [5.74, 6) is 0.288.